The summed E-state index contributed by atoms with van der Waals surface area (Å²) in [6, 6.07) is 4.72. The van der Waals surface area contributed by atoms with E-state index in [4.69, 9.17) is 11.6 Å². The zero-order valence-corrected chi connectivity index (χ0v) is 13.8. The molecule has 0 aromatic heterocycles. The Hall–Kier alpha value is -0.600. The normalized spacial score (nSPS) is 13.2. The second-order valence-corrected chi connectivity index (χ2v) is 6.89. The van der Waals surface area contributed by atoms with E-state index < -0.39 is 0 Å². The molecule has 0 spiro atoms. The molecule has 1 rings (SSSR count). The van der Waals surface area contributed by atoms with Crippen LogP contribution in [0, 0.1) is 23.6 Å². The molecule has 0 amide bonds. The van der Waals surface area contributed by atoms with E-state index in [-0.39, 0.29) is 5.82 Å². The molecule has 0 radical (unpaired) electrons. The number of rotatable bonds is 8. The highest BCUT2D eigenvalue weighted by molar-refractivity contribution is 6.31. The summed E-state index contributed by atoms with van der Waals surface area (Å²) in [5.74, 6) is 1.58. The number of benzene rings is 1. The second-order valence-electron chi connectivity index (χ2n) is 6.49. The van der Waals surface area contributed by atoms with Gasteiger partial charge in [0, 0.05) is 5.02 Å². The van der Waals surface area contributed by atoms with E-state index >= 15 is 0 Å². The Morgan fingerprint density at radius 1 is 1.10 bits per heavy atom. The van der Waals surface area contributed by atoms with Crippen molar-refractivity contribution in [1.82, 2.24) is 5.32 Å². The zero-order chi connectivity index (χ0) is 15.1. The van der Waals surface area contributed by atoms with Crippen LogP contribution in [0.3, 0.4) is 0 Å². The summed E-state index contributed by atoms with van der Waals surface area (Å²) in [6.07, 6.45) is 2.06. The van der Waals surface area contributed by atoms with E-state index in [1.807, 2.05) is 6.07 Å². The Bertz CT molecular complexity index is 404. The molecule has 20 heavy (non-hydrogen) atoms. The molecule has 1 nitrogen and oxygen atoms in total. The van der Waals surface area contributed by atoms with Gasteiger partial charge in [0.2, 0.25) is 0 Å². The molecule has 0 heterocycles. The van der Waals surface area contributed by atoms with Gasteiger partial charge in [-0.2, -0.15) is 0 Å². The molecule has 1 aromatic carbocycles. The predicted octanol–water partition coefficient (Wildman–Crippen LogP) is 4.93. The van der Waals surface area contributed by atoms with Gasteiger partial charge in [-0.05, 0) is 61.4 Å². The first-order valence-corrected chi connectivity index (χ1v) is 7.91. The lowest BCUT2D eigenvalue weighted by Gasteiger charge is -2.21. The van der Waals surface area contributed by atoms with E-state index in [1.54, 1.807) is 0 Å². The minimum atomic E-state index is -0.267. The fourth-order valence-corrected chi connectivity index (χ4v) is 2.72. The summed E-state index contributed by atoms with van der Waals surface area (Å²) in [7, 11) is 0. The van der Waals surface area contributed by atoms with Crippen molar-refractivity contribution >= 4 is 11.6 Å². The van der Waals surface area contributed by atoms with Crippen molar-refractivity contribution in [2.45, 2.75) is 40.5 Å². The first-order valence-electron chi connectivity index (χ1n) is 7.53. The maximum Gasteiger partial charge on any atom is 0.124 e. The Morgan fingerprint density at radius 2 is 1.80 bits per heavy atom. The summed E-state index contributed by atoms with van der Waals surface area (Å²) in [4.78, 5) is 0. The molecule has 0 fully saturated rings. The highest BCUT2D eigenvalue weighted by Crippen LogP contribution is 2.23. The fourth-order valence-electron chi connectivity index (χ4n) is 2.48. The summed E-state index contributed by atoms with van der Waals surface area (Å²) < 4.78 is 13.1. The SMILES string of the molecule is CC(C)CNCC(Cc1ccc(F)cc1Cl)CC(C)C. The average Bonchev–Trinajstić information content (AvgIpc) is 2.31. The molecule has 3 heteroatoms. The molecular formula is C17H27ClFN. The van der Waals surface area contributed by atoms with Gasteiger partial charge < -0.3 is 5.32 Å². The van der Waals surface area contributed by atoms with Crippen LogP contribution in [0.25, 0.3) is 0 Å². The number of halogens is 2. The minimum absolute atomic E-state index is 0.267. The van der Waals surface area contributed by atoms with Crippen molar-refractivity contribution in [3.05, 3.63) is 34.6 Å². The Kier molecular flexibility index (Phi) is 7.53. The van der Waals surface area contributed by atoms with Crippen LogP contribution in [0.4, 0.5) is 4.39 Å². The average molecular weight is 300 g/mol. The summed E-state index contributed by atoms with van der Waals surface area (Å²) in [6.45, 7) is 10.9. The fraction of sp³-hybridized carbons (Fsp3) is 0.647. The van der Waals surface area contributed by atoms with Crippen LogP contribution in [-0.2, 0) is 6.42 Å². The molecule has 1 atom stereocenters. The zero-order valence-electron chi connectivity index (χ0n) is 13.0. The van der Waals surface area contributed by atoms with Crippen molar-refractivity contribution in [1.29, 1.82) is 0 Å². The van der Waals surface area contributed by atoms with Crippen LogP contribution in [0.1, 0.15) is 39.7 Å². The Balaban J connectivity index is 2.63. The van der Waals surface area contributed by atoms with Gasteiger partial charge in [0.15, 0.2) is 0 Å². The third-order valence-electron chi connectivity index (χ3n) is 3.31. The Morgan fingerprint density at radius 3 is 2.35 bits per heavy atom. The Labute approximate surface area is 127 Å². The van der Waals surface area contributed by atoms with E-state index in [2.05, 4.69) is 33.0 Å². The molecule has 0 aliphatic rings. The van der Waals surface area contributed by atoms with Gasteiger partial charge >= 0.3 is 0 Å². The summed E-state index contributed by atoms with van der Waals surface area (Å²) >= 11 is 6.13. The lowest BCUT2D eigenvalue weighted by Crippen LogP contribution is -2.28. The molecule has 0 aliphatic heterocycles. The van der Waals surface area contributed by atoms with Gasteiger partial charge in [0.05, 0.1) is 0 Å². The molecule has 1 aromatic rings. The summed E-state index contributed by atoms with van der Waals surface area (Å²) in [5, 5.41) is 4.07. The maximum atomic E-state index is 13.1. The van der Waals surface area contributed by atoms with Crippen LogP contribution in [0.2, 0.25) is 5.02 Å². The van der Waals surface area contributed by atoms with Crippen LogP contribution < -0.4 is 5.32 Å². The largest absolute Gasteiger partial charge is 0.316 e. The number of nitrogens with one attached hydrogen (secondary N) is 1. The quantitative estimate of drug-likeness (QED) is 0.717. The van der Waals surface area contributed by atoms with Crippen molar-refractivity contribution in [2.24, 2.45) is 17.8 Å². The number of hydrogen-bond acceptors (Lipinski definition) is 1. The lowest BCUT2D eigenvalue weighted by atomic mass is 9.90. The molecule has 1 N–H and O–H groups in total. The van der Waals surface area contributed by atoms with E-state index in [1.165, 1.54) is 12.1 Å². The third kappa shape index (κ3) is 6.71. The second kappa shape index (κ2) is 8.63. The minimum Gasteiger partial charge on any atom is -0.316 e. The molecule has 0 aliphatic carbocycles. The highest BCUT2D eigenvalue weighted by Gasteiger charge is 2.14. The molecule has 0 saturated carbocycles. The van der Waals surface area contributed by atoms with E-state index in [9.17, 15) is 4.39 Å². The highest BCUT2D eigenvalue weighted by atomic mass is 35.5. The van der Waals surface area contributed by atoms with Gasteiger partial charge in [-0.15, -0.1) is 0 Å². The van der Waals surface area contributed by atoms with Gasteiger partial charge in [-0.1, -0.05) is 45.4 Å². The van der Waals surface area contributed by atoms with Crippen LogP contribution in [0.5, 0.6) is 0 Å². The van der Waals surface area contributed by atoms with Gasteiger partial charge in [-0.25, -0.2) is 4.39 Å². The smallest absolute Gasteiger partial charge is 0.124 e. The molecular weight excluding hydrogens is 273 g/mol. The monoisotopic (exact) mass is 299 g/mol. The maximum absolute atomic E-state index is 13.1. The topological polar surface area (TPSA) is 12.0 Å². The molecule has 0 bridgehead atoms. The molecule has 114 valence electrons. The van der Waals surface area contributed by atoms with Crippen LogP contribution >= 0.6 is 11.6 Å². The molecule has 0 saturated heterocycles. The lowest BCUT2D eigenvalue weighted by molar-refractivity contribution is 0.376. The van der Waals surface area contributed by atoms with Crippen LogP contribution in [-0.4, -0.2) is 13.1 Å². The first-order chi connectivity index (χ1) is 9.38. The van der Waals surface area contributed by atoms with Crippen molar-refractivity contribution in [3.8, 4) is 0 Å². The van der Waals surface area contributed by atoms with Gasteiger partial charge in [0.1, 0.15) is 5.82 Å². The van der Waals surface area contributed by atoms with Gasteiger partial charge in [-0.3, -0.25) is 0 Å². The van der Waals surface area contributed by atoms with Crippen molar-refractivity contribution in [2.75, 3.05) is 13.1 Å². The summed E-state index contributed by atoms with van der Waals surface area (Å²) in [5.41, 5.74) is 1.05. The van der Waals surface area contributed by atoms with E-state index in [0.29, 0.717) is 22.8 Å². The predicted molar refractivity (Wildman–Crippen MR) is 85.8 cm³/mol. The number of hydrogen-bond donors (Lipinski definition) is 1. The van der Waals surface area contributed by atoms with Crippen LogP contribution in [0.15, 0.2) is 18.2 Å². The standard InChI is InChI=1S/C17H27ClFN/c1-12(2)7-14(11-20-10-13(3)4)8-15-5-6-16(19)9-17(15)18/h5-6,9,12-14,20H,7-8,10-11H2,1-4H3. The molecule has 1 unspecified atom stereocenters. The third-order valence-corrected chi connectivity index (χ3v) is 3.67. The van der Waals surface area contributed by atoms with Crippen molar-refractivity contribution < 1.29 is 4.39 Å². The van der Waals surface area contributed by atoms with Crippen molar-refractivity contribution in [3.63, 3.8) is 0 Å². The van der Waals surface area contributed by atoms with E-state index in [0.717, 1.165) is 31.5 Å². The van der Waals surface area contributed by atoms with Gasteiger partial charge in [0.25, 0.3) is 0 Å². The first kappa shape index (κ1) is 17.5.